The lowest BCUT2D eigenvalue weighted by atomic mass is 10.2. The molecule has 3 rings (SSSR count). The summed E-state index contributed by atoms with van der Waals surface area (Å²) in [6.45, 7) is 4.37. The molecule has 0 aliphatic rings. The van der Waals surface area contributed by atoms with Gasteiger partial charge in [0.2, 0.25) is 10.0 Å². The molecule has 3 aromatic rings. The van der Waals surface area contributed by atoms with Crippen LogP contribution in [0.15, 0.2) is 53.9 Å². The molecule has 0 aliphatic carbocycles. The summed E-state index contributed by atoms with van der Waals surface area (Å²) in [4.78, 5) is 12.8. The molecule has 0 unspecified atom stereocenters. The van der Waals surface area contributed by atoms with Crippen LogP contribution in [0.2, 0.25) is 0 Å². The lowest BCUT2D eigenvalue weighted by Gasteiger charge is -2.10. The first-order chi connectivity index (χ1) is 12.5. The minimum atomic E-state index is -3.52. The third kappa shape index (κ3) is 4.24. The van der Waals surface area contributed by atoms with Gasteiger partial charge in [-0.1, -0.05) is 12.1 Å². The standard InChI is InChI=1S/C17H20N6O2S/c1-13-4-3-5-15(10-13)26(24,25)22-7-6-19-16-11-17(21-12-20-16)23-9-8-18-14(23)2/h3-5,8-12,22H,6-7H2,1-2H3,(H,19,20,21). The second kappa shape index (κ2) is 7.63. The zero-order chi connectivity index (χ0) is 18.6. The van der Waals surface area contributed by atoms with E-state index in [1.54, 1.807) is 30.5 Å². The van der Waals surface area contributed by atoms with Crippen LogP contribution in [-0.2, 0) is 10.0 Å². The molecule has 2 aromatic heterocycles. The van der Waals surface area contributed by atoms with E-state index in [1.807, 2.05) is 30.7 Å². The van der Waals surface area contributed by atoms with Crippen molar-refractivity contribution in [3.63, 3.8) is 0 Å². The fraction of sp³-hybridized carbons (Fsp3) is 0.235. The highest BCUT2D eigenvalue weighted by molar-refractivity contribution is 7.89. The molecule has 0 saturated heterocycles. The van der Waals surface area contributed by atoms with Crippen LogP contribution in [0.25, 0.3) is 5.82 Å². The molecular formula is C17H20N6O2S. The maximum absolute atomic E-state index is 12.3. The van der Waals surface area contributed by atoms with E-state index in [0.717, 1.165) is 11.4 Å². The van der Waals surface area contributed by atoms with E-state index >= 15 is 0 Å². The van der Waals surface area contributed by atoms with Crippen LogP contribution in [0.5, 0.6) is 0 Å². The monoisotopic (exact) mass is 372 g/mol. The molecule has 0 radical (unpaired) electrons. The molecular weight excluding hydrogens is 352 g/mol. The van der Waals surface area contributed by atoms with E-state index in [9.17, 15) is 8.42 Å². The third-order valence-corrected chi connectivity index (χ3v) is 5.21. The molecule has 0 spiro atoms. The van der Waals surface area contributed by atoms with E-state index in [2.05, 4.69) is 25.0 Å². The molecule has 1 aromatic carbocycles. The number of aryl methyl sites for hydroxylation is 2. The van der Waals surface area contributed by atoms with Gasteiger partial charge >= 0.3 is 0 Å². The van der Waals surface area contributed by atoms with Gasteiger partial charge in [-0.25, -0.2) is 28.1 Å². The molecule has 26 heavy (non-hydrogen) atoms. The summed E-state index contributed by atoms with van der Waals surface area (Å²) in [6, 6.07) is 8.58. The van der Waals surface area contributed by atoms with Crippen molar-refractivity contribution in [2.75, 3.05) is 18.4 Å². The average Bonchev–Trinajstić information content (AvgIpc) is 3.05. The molecule has 2 heterocycles. The maximum atomic E-state index is 12.3. The zero-order valence-corrected chi connectivity index (χ0v) is 15.4. The number of hydrogen-bond acceptors (Lipinski definition) is 6. The van der Waals surface area contributed by atoms with Crippen molar-refractivity contribution in [3.8, 4) is 5.82 Å². The van der Waals surface area contributed by atoms with E-state index in [1.165, 1.54) is 6.33 Å². The molecule has 136 valence electrons. The maximum Gasteiger partial charge on any atom is 0.240 e. The number of benzene rings is 1. The Labute approximate surface area is 152 Å². The Hall–Kier alpha value is -2.78. The normalized spacial score (nSPS) is 11.5. The number of nitrogens with zero attached hydrogens (tertiary/aromatic N) is 4. The lowest BCUT2D eigenvalue weighted by molar-refractivity contribution is 0.582. The molecule has 0 aliphatic heterocycles. The quantitative estimate of drug-likeness (QED) is 0.612. The Balaban J connectivity index is 1.58. The minimum Gasteiger partial charge on any atom is -0.369 e. The summed E-state index contributed by atoms with van der Waals surface area (Å²) >= 11 is 0. The molecule has 9 heteroatoms. The predicted octanol–water partition coefficient (Wildman–Crippen LogP) is 1.67. The van der Waals surface area contributed by atoms with Gasteiger partial charge in [0.05, 0.1) is 4.90 Å². The Morgan fingerprint density at radius 3 is 2.65 bits per heavy atom. The van der Waals surface area contributed by atoms with Crippen LogP contribution in [0, 0.1) is 13.8 Å². The Morgan fingerprint density at radius 1 is 1.08 bits per heavy atom. The van der Waals surface area contributed by atoms with Crippen molar-refractivity contribution in [3.05, 3.63) is 60.4 Å². The van der Waals surface area contributed by atoms with Crippen molar-refractivity contribution in [2.24, 2.45) is 0 Å². The van der Waals surface area contributed by atoms with Gasteiger partial charge in [0, 0.05) is 31.5 Å². The Kier molecular flexibility index (Phi) is 5.29. The molecule has 0 atom stereocenters. The highest BCUT2D eigenvalue weighted by atomic mass is 32.2. The van der Waals surface area contributed by atoms with Crippen LogP contribution in [0.4, 0.5) is 5.82 Å². The summed E-state index contributed by atoms with van der Waals surface area (Å²) in [5, 5.41) is 3.09. The van der Waals surface area contributed by atoms with Gasteiger partial charge in [-0.3, -0.25) is 4.57 Å². The highest BCUT2D eigenvalue weighted by Crippen LogP contribution is 2.11. The first kappa shape index (κ1) is 18.0. The third-order valence-electron chi connectivity index (χ3n) is 3.75. The van der Waals surface area contributed by atoms with Gasteiger partial charge in [-0.2, -0.15) is 0 Å². The first-order valence-corrected chi connectivity index (χ1v) is 9.56. The fourth-order valence-corrected chi connectivity index (χ4v) is 3.57. The topological polar surface area (TPSA) is 102 Å². The van der Waals surface area contributed by atoms with Crippen LogP contribution < -0.4 is 10.0 Å². The Morgan fingerprint density at radius 2 is 1.92 bits per heavy atom. The van der Waals surface area contributed by atoms with Crippen molar-refractivity contribution < 1.29 is 8.42 Å². The number of aromatic nitrogens is 4. The number of anilines is 1. The second-order valence-corrected chi connectivity index (χ2v) is 7.51. The SMILES string of the molecule is Cc1cccc(S(=O)(=O)NCCNc2cc(-n3ccnc3C)ncn2)c1. The smallest absolute Gasteiger partial charge is 0.240 e. The molecule has 0 fully saturated rings. The largest absolute Gasteiger partial charge is 0.369 e. The zero-order valence-electron chi connectivity index (χ0n) is 14.5. The molecule has 2 N–H and O–H groups in total. The van der Waals surface area contributed by atoms with Gasteiger partial charge in [-0.15, -0.1) is 0 Å². The summed E-state index contributed by atoms with van der Waals surface area (Å²) in [7, 11) is -3.52. The van der Waals surface area contributed by atoms with Crippen LogP contribution in [0.1, 0.15) is 11.4 Å². The lowest BCUT2D eigenvalue weighted by Crippen LogP contribution is -2.29. The highest BCUT2D eigenvalue weighted by Gasteiger charge is 2.13. The summed E-state index contributed by atoms with van der Waals surface area (Å²) < 4.78 is 29.0. The number of hydrogen-bond donors (Lipinski definition) is 2. The van der Waals surface area contributed by atoms with Gasteiger partial charge in [0.25, 0.3) is 0 Å². The molecule has 0 amide bonds. The van der Waals surface area contributed by atoms with Gasteiger partial charge in [-0.05, 0) is 31.5 Å². The van der Waals surface area contributed by atoms with Crippen LogP contribution in [0.3, 0.4) is 0 Å². The first-order valence-electron chi connectivity index (χ1n) is 8.08. The van der Waals surface area contributed by atoms with Gasteiger partial charge < -0.3 is 5.32 Å². The predicted molar refractivity (Wildman–Crippen MR) is 98.7 cm³/mol. The van der Waals surface area contributed by atoms with Gasteiger partial charge in [0.1, 0.15) is 23.8 Å². The molecule has 0 bridgehead atoms. The fourth-order valence-electron chi connectivity index (χ4n) is 2.44. The van der Waals surface area contributed by atoms with E-state index in [0.29, 0.717) is 18.2 Å². The Bertz CT molecular complexity index is 1000. The number of rotatable bonds is 7. The van der Waals surface area contributed by atoms with Crippen molar-refractivity contribution in [2.45, 2.75) is 18.7 Å². The van der Waals surface area contributed by atoms with E-state index in [-0.39, 0.29) is 11.4 Å². The average molecular weight is 372 g/mol. The summed E-state index contributed by atoms with van der Waals surface area (Å²) in [5.41, 5.74) is 0.898. The van der Waals surface area contributed by atoms with Crippen molar-refractivity contribution in [1.82, 2.24) is 24.2 Å². The van der Waals surface area contributed by atoms with E-state index < -0.39 is 10.0 Å². The minimum absolute atomic E-state index is 0.236. The number of sulfonamides is 1. The van der Waals surface area contributed by atoms with Crippen LogP contribution >= 0.6 is 0 Å². The number of imidazole rings is 1. The van der Waals surface area contributed by atoms with Crippen LogP contribution in [-0.4, -0.2) is 41.0 Å². The van der Waals surface area contributed by atoms with Crippen molar-refractivity contribution >= 4 is 15.8 Å². The van der Waals surface area contributed by atoms with Crippen molar-refractivity contribution in [1.29, 1.82) is 0 Å². The van der Waals surface area contributed by atoms with Gasteiger partial charge in [0.15, 0.2) is 0 Å². The second-order valence-electron chi connectivity index (χ2n) is 5.75. The number of nitrogens with one attached hydrogen (secondary N) is 2. The van der Waals surface area contributed by atoms with E-state index in [4.69, 9.17) is 0 Å². The summed E-state index contributed by atoms with van der Waals surface area (Å²) in [6.07, 6.45) is 4.97. The molecule has 8 nitrogen and oxygen atoms in total. The summed E-state index contributed by atoms with van der Waals surface area (Å²) in [5.74, 6) is 2.12. The molecule has 0 saturated carbocycles.